The lowest BCUT2D eigenvalue weighted by molar-refractivity contribution is 0.0992. The number of rotatable bonds is 8. The van der Waals surface area contributed by atoms with E-state index in [9.17, 15) is 4.79 Å². The smallest absolute Gasteiger partial charge is 0.291 e. The summed E-state index contributed by atoms with van der Waals surface area (Å²) in [5.41, 5.74) is 4.35. The SMILES string of the molecule is CCc1ccc(NC(=O)c2ccc(COc3ccc(C(C)(C)c4ccccc4)cc3)o2)cc1. The molecule has 3 aromatic carbocycles. The molecule has 4 heteroatoms. The van der Waals surface area contributed by atoms with E-state index in [4.69, 9.17) is 9.15 Å². The summed E-state index contributed by atoms with van der Waals surface area (Å²) in [5.74, 6) is 1.32. The zero-order valence-corrected chi connectivity index (χ0v) is 19.3. The van der Waals surface area contributed by atoms with Gasteiger partial charge in [-0.3, -0.25) is 4.79 Å². The van der Waals surface area contributed by atoms with Crippen molar-refractivity contribution in [2.24, 2.45) is 0 Å². The van der Waals surface area contributed by atoms with Gasteiger partial charge < -0.3 is 14.5 Å². The highest BCUT2D eigenvalue weighted by Gasteiger charge is 2.22. The number of amides is 1. The van der Waals surface area contributed by atoms with Crippen molar-refractivity contribution in [1.29, 1.82) is 0 Å². The van der Waals surface area contributed by atoms with E-state index < -0.39 is 0 Å². The molecular formula is C29H29NO3. The standard InChI is InChI=1S/C29H29NO3/c1-4-21-10-14-24(15-11-21)30-28(31)27-19-18-26(33-27)20-32-25-16-12-23(13-17-25)29(2,3)22-8-6-5-7-9-22/h5-19H,4,20H2,1-3H3,(H,30,31). The highest BCUT2D eigenvalue weighted by molar-refractivity contribution is 6.02. The second-order valence-corrected chi connectivity index (χ2v) is 8.57. The fourth-order valence-corrected chi connectivity index (χ4v) is 3.74. The summed E-state index contributed by atoms with van der Waals surface area (Å²) in [4.78, 5) is 12.5. The molecule has 0 radical (unpaired) electrons. The minimum atomic E-state index is -0.280. The van der Waals surface area contributed by atoms with Gasteiger partial charge in [-0.2, -0.15) is 0 Å². The third-order valence-corrected chi connectivity index (χ3v) is 5.96. The summed E-state index contributed by atoms with van der Waals surface area (Å²) in [6.07, 6.45) is 0.962. The van der Waals surface area contributed by atoms with Gasteiger partial charge in [0.2, 0.25) is 0 Å². The van der Waals surface area contributed by atoms with Gasteiger partial charge >= 0.3 is 0 Å². The van der Waals surface area contributed by atoms with Crippen LogP contribution in [-0.4, -0.2) is 5.91 Å². The van der Waals surface area contributed by atoms with Gasteiger partial charge in [-0.15, -0.1) is 0 Å². The fourth-order valence-electron chi connectivity index (χ4n) is 3.74. The highest BCUT2D eigenvalue weighted by Crippen LogP contribution is 2.32. The molecule has 4 nitrogen and oxygen atoms in total. The maximum Gasteiger partial charge on any atom is 0.291 e. The Morgan fingerprint density at radius 1 is 0.848 bits per heavy atom. The Morgan fingerprint density at radius 2 is 1.52 bits per heavy atom. The van der Waals surface area contributed by atoms with Crippen LogP contribution in [0.1, 0.15) is 53.8 Å². The molecule has 0 atom stereocenters. The lowest BCUT2D eigenvalue weighted by Crippen LogP contribution is -2.18. The van der Waals surface area contributed by atoms with E-state index in [2.05, 4.69) is 62.5 Å². The van der Waals surface area contributed by atoms with Gasteiger partial charge in [0.1, 0.15) is 18.1 Å². The molecule has 0 unspecified atom stereocenters. The van der Waals surface area contributed by atoms with E-state index in [0.717, 1.165) is 17.9 Å². The van der Waals surface area contributed by atoms with Crippen molar-refractivity contribution in [2.75, 3.05) is 5.32 Å². The number of furan rings is 1. The summed E-state index contributed by atoms with van der Waals surface area (Å²) in [7, 11) is 0. The molecule has 33 heavy (non-hydrogen) atoms. The first kappa shape index (κ1) is 22.4. The van der Waals surface area contributed by atoms with Crippen molar-refractivity contribution in [3.63, 3.8) is 0 Å². The number of carbonyl (C=O) groups excluding carboxylic acids is 1. The predicted molar refractivity (Wildman–Crippen MR) is 132 cm³/mol. The second-order valence-electron chi connectivity index (χ2n) is 8.57. The molecule has 0 aliphatic carbocycles. The highest BCUT2D eigenvalue weighted by atomic mass is 16.5. The number of carbonyl (C=O) groups is 1. The van der Waals surface area contributed by atoms with Crippen LogP contribution in [0, 0.1) is 0 Å². The van der Waals surface area contributed by atoms with Crippen LogP contribution >= 0.6 is 0 Å². The number of aryl methyl sites for hydroxylation is 1. The maximum atomic E-state index is 12.5. The van der Waals surface area contributed by atoms with Crippen molar-refractivity contribution in [2.45, 2.75) is 39.2 Å². The molecule has 0 bridgehead atoms. The number of hydrogen-bond acceptors (Lipinski definition) is 3. The molecule has 0 aliphatic rings. The molecule has 0 spiro atoms. The minimum absolute atomic E-state index is 0.0973. The van der Waals surface area contributed by atoms with Gasteiger partial charge in [-0.05, 0) is 59.5 Å². The Hall–Kier alpha value is -3.79. The van der Waals surface area contributed by atoms with Gasteiger partial charge in [-0.25, -0.2) is 0 Å². The third kappa shape index (κ3) is 5.35. The molecule has 0 saturated heterocycles. The number of hydrogen-bond donors (Lipinski definition) is 1. The Morgan fingerprint density at radius 3 is 2.18 bits per heavy atom. The van der Waals surface area contributed by atoms with Crippen LogP contribution in [0.25, 0.3) is 0 Å². The average Bonchev–Trinajstić information content (AvgIpc) is 3.33. The third-order valence-electron chi connectivity index (χ3n) is 5.96. The molecule has 4 rings (SSSR count). The molecule has 1 aromatic heterocycles. The van der Waals surface area contributed by atoms with Gasteiger partial charge in [-0.1, -0.05) is 75.4 Å². The largest absolute Gasteiger partial charge is 0.486 e. The number of ether oxygens (including phenoxy) is 1. The van der Waals surface area contributed by atoms with Crippen LogP contribution in [0.4, 0.5) is 5.69 Å². The lowest BCUT2D eigenvalue weighted by Gasteiger charge is -2.26. The van der Waals surface area contributed by atoms with Crippen LogP contribution in [0.3, 0.4) is 0 Å². The van der Waals surface area contributed by atoms with Gasteiger partial charge in [0.05, 0.1) is 0 Å². The van der Waals surface area contributed by atoms with Crippen molar-refractivity contribution in [1.82, 2.24) is 0 Å². The first-order valence-corrected chi connectivity index (χ1v) is 11.2. The maximum absolute atomic E-state index is 12.5. The van der Waals surface area contributed by atoms with E-state index in [1.165, 1.54) is 16.7 Å². The first-order valence-electron chi connectivity index (χ1n) is 11.2. The number of anilines is 1. The molecule has 4 aromatic rings. The summed E-state index contributed by atoms with van der Waals surface area (Å²) >= 11 is 0. The zero-order valence-electron chi connectivity index (χ0n) is 19.3. The monoisotopic (exact) mass is 439 g/mol. The lowest BCUT2D eigenvalue weighted by atomic mass is 9.78. The molecule has 1 N–H and O–H groups in total. The summed E-state index contributed by atoms with van der Waals surface area (Å²) < 4.78 is 11.6. The van der Waals surface area contributed by atoms with Crippen LogP contribution in [-0.2, 0) is 18.4 Å². The quantitative estimate of drug-likeness (QED) is 0.322. The molecule has 0 saturated carbocycles. The predicted octanol–water partition coefficient (Wildman–Crippen LogP) is 7.00. The van der Waals surface area contributed by atoms with Crippen molar-refractivity contribution >= 4 is 11.6 Å². The van der Waals surface area contributed by atoms with E-state index in [1.807, 2.05) is 42.5 Å². The molecule has 1 amide bonds. The second kappa shape index (κ2) is 9.78. The normalized spacial score (nSPS) is 11.2. The minimum Gasteiger partial charge on any atom is -0.486 e. The Balaban J connectivity index is 1.34. The van der Waals surface area contributed by atoms with Crippen LogP contribution in [0.2, 0.25) is 0 Å². The van der Waals surface area contributed by atoms with E-state index in [0.29, 0.717) is 5.76 Å². The van der Waals surface area contributed by atoms with Gasteiger partial charge in [0.15, 0.2) is 5.76 Å². The average molecular weight is 440 g/mol. The molecule has 0 fully saturated rings. The molecule has 0 aliphatic heterocycles. The first-order chi connectivity index (χ1) is 16.0. The van der Waals surface area contributed by atoms with E-state index in [-0.39, 0.29) is 23.7 Å². The summed E-state index contributed by atoms with van der Waals surface area (Å²) in [6, 6.07) is 29.8. The van der Waals surface area contributed by atoms with E-state index in [1.54, 1.807) is 12.1 Å². The van der Waals surface area contributed by atoms with E-state index >= 15 is 0 Å². The summed E-state index contributed by atoms with van der Waals surface area (Å²) in [5, 5.41) is 2.86. The van der Waals surface area contributed by atoms with Crippen LogP contribution in [0.5, 0.6) is 5.75 Å². The fraction of sp³-hybridized carbons (Fsp3) is 0.207. The topological polar surface area (TPSA) is 51.5 Å². The van der Waals surface area contributed by atoms with Gasteiger partial charge in [0.25, 0.3) is 5.91 Å². The number of nitrogens with one attached hydrogen (secondary N) is 1. The van der Waals surface area contributed by atoms with Gasteiger partial charge in [0, 0.05) is 11.1 Å². The van der Waals surface area contributed by atoms with Crippen LogP contribution < -0.4 is 10.1 Å². The summed E-state index contributed by atoms with van der Waals surface area (Å²) in [6.45, 7) is 6.78. The van der Waals surface area contributed by atoms with Crippen molar-refractivity contribution in [3.05, 3.63) is 119 Å². The Kier molecular flexibility index (Phi) is 6.64. The Bertz CT molecular complexity index is 1190. The molecular weight excluding hydrogens is 410 g/mol. The van der Waals surface area contributed by atoms with Crippen molar-refractivity contribution in [3.8, 4) is 5.75 Å². The van der Waals surface area contributed by atoms with Crippen molar-refractivity contribution < 1.29 is 13.9 Å². The van der Waals surface area contributed by atoms with Crippen LogP contribution in [0.15, 0.2) is 95.4 Å². The molecule has 1 heterocycles. The Labute approximate surface area is 195 Å². The number of benzene rings is 3. The molecule has 168 valence electrons. The zero-order chi connectivity index (χ0) is 23.3.